The fraction of sp³-hybridized carbons (Fsp3) is 0.0667. The zero-order valence-electron chi connectivity index (χ0n) is 11.8. The Morgan fingerprint density at radius 1 is 1.18 bits per heavy atom. The average molecular weight is 295 g/mol. The number of hydrogen-bond donors (Lipinski definition) is 2. The minimum atomic E-state index is -0.475. The van der Waals surface area contributed by atoms with Crippen molar-refractivity contribution < 1.29 is 9.59 Å². The number of carbonyl (C=O) groups is 2. The Balaban J connectivity index is 2.02. The molecule has 2 amide bonds. The van der Waals surface area contributed by atoms with Crippen molar-refractivity contribution in [3.63, 3.8) is 0 Å². The lowest BCUT2D eigenvalue weighted by molar-refractivity contribution is -0.114. The summed E-state index contributed by atoms with van der Waals surface area (Å²) in [6, 6.07) is 10.7. The lowest BCUT2D eigenvalue weighted by atomic mass is 10.0. The number of amides is 2. The number of pyridine rings is 1. The molecule has 3 aromatic rings. The summed E-state index contributed by atoms with van der Waals surface area (Å²) in [6.07, 6.45) is 1.77. The van der Waals surface area contributed by atoms with E-state index >= 15 is 0 Å². The third kappa shape index (κ3) is 2.64. The van der Waals surface area contributed by atoms with Crippen molar-refractivity contribution in [2.75, 3.05) is 5.32 Å². The third-order valence-electron chi connectivity index (χ3n) is 3.10. The Labute approximate surface area is 125 Å². The van der Waals surface area contributed by atoms with E-state index in [9.17, 15) is 9.59 Å². The lowest BCUT2D eigenvalue weighted by Crippen LogP contribution is -2.10. The highest BCUT2D eigenvalue weighted by Gasteiger charge is 2.08. The van der Waals surface area contributed by atoms with E-state index in [1.807, 2.05) is 12.1 Å². The summed E-state index contributed by atoms with van der Waals surface area (Å²) in [5.41, 5.74) is 8.04. The second-order valence-electron chi connectivity index (χ2n) is 4.78. The molecule has 2 aromatic heterocycles. The third-order valence-corrected chi connectivity index (χ3v) is 3.10. The molecule has 3 N–H and O–H groups in total. The van der Waals surface area contributed by atoms with E-state index in [1.54, 1.807) is 35.0 Å². The molecular weight excluding hydrogens is 282 g/mol. The first-order valence-electron chi connectivity index (χ1n) is 6.57. The van der Waals surface area contributed by atoms with Crippen LogP contribution in [0.3, 0.4) is 0 Å². The highest BCUT2D eigenvalue weighted by Crippen LogP contribution is 2.21. The van der Waals surface area contributed by atoms with Crippen LogP contribution in [0.15, 0.2) is 42.6 Å². The van der Waals surface area contributed by atoms with Crippen LogP contribution < -0.4 is 11.1 Å². The van der Waals surface area contributed by atoms with Gasteiger partial charge >= 0.3 is 0 Å². The largest absolute Gasteiger partial charge is 0.366 e. The summed E-state index contributed by atoms with van der Waals surface area (Å²) in [4.78, 5) is 26.5. The zero-order valence-corrected chi connectivity index (χ0v) is 11.8. The number of carbonyl (C=O) groups excluding carboxylic acids is 2. The van der Waals surface area contributed by atoms with Gasteiger partial charge in [0.05, 0.1) is 0 Å². The second kappa shape index (κ2) is 5.28. The van der Waals surface area contributed by atoms with E-state index in [-0.39, 0.29) is 11.9 Å². The minimum Gasteiger partial charge on any atom is -0.366 e. The average Bonchev–Trinajstić information content (AvgIpc) is 2.87. The Kier molecular flexibility index (Phi) is 3.30. The summed E-state index contributed by atoms with van der Waals surface area (Å²) in [5.74, 6) is -0.461. The Hall–Kier alpha value is -3.22. The molecule has 0 unspecified atom stereocenters. The standard InChI is InChI=1S/C15H13N5O2/c1-9(21)17-15-18-13-6-5-12(8-20(13)19-15)10-3-2-4-11(7-10)14(16)22/h2-8H,1H3,(H2,16,22)(H,17,19,21). The first kappa shape index (κ1) is 13.7. The number of nitrogens with one attached hydrogen (secondary N) is 1. The topological polar surface area (TPSA) is 102 Å². The van der Waals surface area contributed by atoms with Crippen molar-refractivity contribution in [1.82, 2.24) is 14.6 Å². The van der Waals surface area contributed by atoms with Crippen molar-refractivity contribution in [3.8, 4) is 11.1 Å². The van der Waals surface area contributed by atoms with Gasteiger partial charge in [-0.05, 0) is 29.8 Å². The first-order chi connectivity index (χ1) is 10.5. The smallest absolute Gasteiger partial charge is 0.249 e. The molecule has 0 atom stereocenters. The van der Waals surface area contributed by atoms with Crippen molar-refractivity contribution in [2.45, 2.75) is 6.92 Å². The molecule has 0 radical (unpaired) electrons. The summed E-state index contributed by atoms with van der Waals surface area (Å²) >= 11 is 0. The van der Waals surface area contributed by atoms with Crippen molar-refractivity contribution >= 4 is 23.4 Å². The number of anilines is 1. The van der Waals surface area contributed by atoms with Gasteiger partial charge in [-0.3, -0.25) is 14.9 Å². The van der Waals surface area contributed by atoms with Crippen molar-refractivity contribution in [1.29, 1.82) is 0 Å². The molecule has 0 saturated carbocycles. The van der Waals surface area contributed by atoms with Crippen LogP contribution in [0.25, 0.3) is 16.8 Å². The van der Waals surface area contributed by atoms with Crippen LogP contribution in [-0.2, 0) is 4.79 Å². The summed E-state index contributed by atoms with van der Waals surface area (Å²) < 4.78 is 1.57. The van der Waals surface area contributed by atoms with Crippen molar-refractivity contribution in [2.24, 2.45) is 5.73 Å². The SMILES string of the molecule is CC(=O)Nc1nc2ccc(-c3cccc(C(N)=O)c3)cn2n1. The molecule has 3 rings (SSSR count). The number of aromatic nitrogens is 3. The number of fused-ring (bicyclic) bond motifs is 1. The maximum atomic E-state index is 11.3. The van der Waals surface area contributed by atoms with E-state index in [2.05, 4.69) is 15.4 Å². The lowest BCUT2D eigenvalue weighted by Gasteiger charge is -2.03. The molecule has 110 valence electrons. The number of nitrogens with zero attached hydrogens (tertiary/aromatic N) is 3. The number of primary amides is 1. The summed E-state index contributed by atoms with van der Waals surface area (Å²) in [7, 11) is 0. The molecular formula is C15H13N5O2. The summed E-state index contributed by atoms with van der Waals surface area (Å²) in [5, 5.41) is 6.71. The summed E-state index contributed by atoms with van der Waals surface area (Å²) in [6.45, 7) is 1.40. The zero-order chi connectivity index (χ0) is 15.7. The van der Waals surface area contributed by atoms with Crippen LogP contribution in [-0.4, -0.2) is 26.4 Å². The van der Waals surface area contributed by atoms with E-state index < -0.39 is 5.91 Å². The van der Waals surface area contributed by atoms with Crippen LogP contribution in [0.1, 0.15) is 17.3 Å². The maximum absolute atomic E-state index is 11.3. The molecule has 0 aliphatic carbocycles. The van der Waals surface area contributed by atoms with Gasteiger partial charge in [0.2, 0.25) is 17.8 Å². The fourth-order valence-corrected chi connectivity index (χ4v) is 2.12. The van der Waals surface area contributed by atoms with Crippen LogP contribution in [0.4, 0.5) is 5.95 Å². The quantitative estimate of drug-likeness (QED) is 0.763. The molecule has 7 heteroatoms. The number of rotatable bonds is 3. The van der Waals surface area contributed by atoms with Gasteiger partial charge in [-0.2, -0.15) is 4.98 Å². The molecule has 0 saturated heterocycles. The van der Waals surface area contributed by atoms with Gasteiger partial charge in [0.1, 0.15) is 0 Å². The molecule has 0 fully saturated rings. The van der Waals surface area contributed by atoms with Crippen LogP contribution in [0.5, 0.6) is 0 Å². The number of hydrogen-bond acceptors (Lipinski definition) is 4. The van der Waals surface area contributed by atoms with Crippen LogP contribution in [0.2, 0.25) is 0 Å². The molecule has 0 aliphatic rings. The minimum absolute atomic E-state index is 0.231. The van der Waals surface area contributed by atoms with Crippen molar-refractivity contribution in [3.05, 3.63) is 48.2 Å². The highest BCUT2D eigenvalue weighted by atomic mass is 16.1. The number of benzene rings is 1. The van der Waals surface area contributed by atoms with Gasteiger partial charge in [-0.25, -0.2) is 4.52 Å². The molecule has 0 spiro atoms. The maximum Gasteiger partial charge on any atom is 0.249 e. The van der Waals surface area contributed by atoms with Gasteiger partial charge in [0.15, 0.2) is 5.65 Å². The number of nitrogens with two attached hydrogens (primary N) is 1. The van der Waals surface area contributed by atoms with E-state index in [4.69, 9.17) is 5.73 Å². The molecule has 0 bridgehead atoms. The Morgan fingerprint density at radius 3 is 2.73 bits per heavy atom. The predicted molar refractivity (Wildman–Crippen MR) is 81.2 cm³/mol. The molecule has 1 aromatic carbocycles. The molecule has 2 heterocycles. The highest BCUT2D eigenvalue weighted by molar-refractivity contribution is 5.94. The van der Waals surface area contributed by atoms with Gasteiger partial charge < -0.3 is 5.73 Å². The van der Waals surface area contributed by atoms with E-state index in [1.165, 1.54) is 6.92 Å². The van der Waals surface area contributed by atoms with Gasteiger partial charge in [-0.1, -0.05) is 12.1 Å². The monoisotopic (exact) mass is 295 g/mol. The Bertz CT molecular complexity index is 885. The molecule has 22 heavy (non-hydrogen) atoms. The van der Waals surface area contributed by atoms with Crippen LogP contribution in [0, 0.1) is 0 Å². The van der Waals surface area contributed by atoms with E-state index in [0.29, 0.717) is 11.2 Å². The van der Waals surface area contributed by atoms with Gasteiger partial charge in [-0.15, -0.1) is 5.10 Å². The van der Waals surface area contributed by atoms with E-state index in [0.717, 1.165) is 11.1 Å². The molecule has 7 nitrogen and oxygen atoms in total. The fourth-order valence-electron chi connectivity index (χ4n) is 2.12. The normalized spacial score (nSPS) is 10.6. The first-order valence-corrected chi connectivity index (χ1v) is 6.57. The Morgan fingerprint density at radius 2 is 2.00 bits per heavy atom. The second-order valence-corrected chi connectivity index (χ2v) is 4.78. The van der Waals surface area contributed by atoms with Gasteiger partial charge in [0.25, 0.3) is 0 Å². The van der Waals surface area contributed by atoms with Gasteiger partial charge in [0, 0.05) is 24.2 Å². The predicted octanol–water partition coefficient (Wildman–Crippen LogP) is 1.45. The van der Waals surface area contributed by atoms with Crippen LogP contribution >= 0.6 is 0 Å². The molecule has 0 aliphatic heterocycles.